The molecule has 0 amide bonds. The Morgan fingerprint density at radius 2 is 1.03 bits per heavy atom. The highest BCUT2D eigenvalue weighted by molar-refractivity contribution is 5.81. The van der Waals surface area contributed by atoms with Crippen LogP contribution in [0.4, 0.5) is 0 Å². The third kappa shape index (κ3) is 18.1. The summed E-state index contributed by atoms with van der Waals surface area (Å²) in [6.07, 6.45) is 29.9. The van der Waals surface area contributed by atoms with Crippen molar-refractivity contribution < 1.29 is 9.59 Å². The van der Waals surface area contributed by atoms with Gasteiger partial charge in [0.25, 0.3) is 0 Å². The van der Waals surface area contributed by atoms with Crippen LogP contribution in [-0.4, -0.2) is 11.6 Å². The summed E-state index contributed by atoms with van der Waals surface area (Å²) in [4.78, 5) is 24.4. The van der Waals surface area contributed by atoms with Gasteiger partial charge in [-0.05, 0) is 65.7 Å². The summed E-state index contributed by atoms with van der Waals surface area (Å²) < 4.78 is 0. The molecular formula is C34H60O2. The molecule has 208 valence electrons. The van der Waals surface area contributed by atoms with Crippen molar-refractivity contribution in [2.45, 2.75) is 168 Å². The van der Waals surface area contributed by atoms with E-state index in [9.17, 15) is 9.59 Å². The summed E-state index contributed by atoms with van der Waals surface area (Å²) in [6, 6.07) is 0. The Hall–Kier alpha value is -1.18. The maximum Gasteiger partial charge on any atom is 0.136 e. The van der Waals surface area contributed by atoms with Crippen LogP contribution in [0, 0.1) is 11.8 Å². The van der Waals surface area contributed by atoms with Crippen molar-refractivity contribution in [1.82, 2.24) is 0 Å². The molecule has 2 fully saturated rings. The van der Waals surface area contributed by atoms with E-state index in [0.29, 0.717) is 23.4 Å². The van der Waals surface area contributed by atoms with Gasteiger partial charge in [-0.3, -0.25) is 9.59 Å². The average molecular weight is 501 g/mol. The van der Waals surface area contributed by atoms with Gasteiger partial charge < -0.3 is 0 Å². The molecule has 0 spiro atoms. The van der Waals surface area contributed by atoms with E-state index in [0.717, 1.165) is 57.8 Å². The van der Waals surface area contributed by atoms with Crippen molar-refractivity contribution in [3.05, 3.63) is 23.8 Å². The first-order valence-electron chi connectivity index (χ1n) is 15.7. The van der Waals surface area contributed by atoms with Crippen molar-refractivity contribution in [2.75, 3.05) is 0 Å². The van der Waals surface area contributed by atoms with Crippen molar-refractivity contribution in [3.63, 3.8) is 0 Å². The van der Waals surface area contributed by atoms with E-state index in [1.54, 1.807) is 0 Å². The van der Waals surface area contributed by atoms with Crippen molar-refractivity contribution >= 4 is 11.6 Å². The molecule has 0 bridgehead atoms. The van der Waals surface area contributed by atoms with Crippen LogP contribution in [0.5, 0.6) is 0 Å². The lowest BCUT2D eigenvalue weighted by Gasteiger charge is -2.16. The molecule has 0 heterocycles. The smallest absolute Gasteiger partial charge is 0.136 e. The second-order valence-electron chi connectivity index (χ2n) is 12.1. The lowest BCUT2D eigenvalue weighted by Crippen LogP contribution is -2.15. The Morgan fingerprint density at radius 3 is 1.47 bits per heavy atom. The Kier molecular flexibility index (Phi) is 19.9. The monoisotopic (exact) mass is 500 g/mol. The van der Waals surface area contributed by atoms with Crippen molar-refractivity contribution in [2.24, 2.45) is 11.8 Å². The number of Topliss-reactive ketones (excluding diaryl/α,β-unsaturated/α-hetero) is 2. The molecular weight excluding hydrogens is 440 g/mol. The van der Waals surface area contributed by atoms with Crippen LogP contribution in [-0.2, 0) is 9.59 Å². The zero-order chi connectivity index (χ0) is 26.4. The Bertz CT molecular complexity index is 625. The highest BCUT2D eigenvalue weighted by atomic mass is 16.1. The fraction of sp³-hybridized carbons (Fsp3) is 0.824. The Morgan fingerprint density at radius 1 is 0.639 bits per heavy atom. The largest absolute Gasteiger partial charge is 0.299 e. The minimum Gasteiger partial charge on any atom is -0.299 e. The third-order valence-corrected chi connectivity index (χ3v) is 8.09. The number of rotatable bonds is 5. The van der Waals surface area contributed by atoms with Crippen LogP contribution in [0.1, 0.15) is 168 Å². The zero-order valence-electron chi connectivity index (χ0n) is 24.5. The average Bonchev–Trinajstić information content (AvgIpc) is 2.82. The van der Waals surface area contributed by atoms with Crippen LogP contribution >= 0.6 is 0 Å². The lowest BCUT2D eigenvalue weighted by atomic mass is 9.87. The van der Waals surface area contributed by atoms with E-state index in [1.165, 1.54) is 101 Å². The van der Waals surface area contributed by atoms with E-state index in [1.807, 2.05) is 0 Å². The molecule has 2 nitrogen and oxygen atoms in total. The molecule has 2 atom stereocenters. The molecule has 0 aromatic rings. The first-order chi connectivity index (χ1) is 17.4. The molecule has 0 N–H and O–H groups in total. The summed E-state index contributed by atoms with van der Waals surface area (Å²) >= 11 is 0. The summed E-state index contributed by atoms with van der Waals surface area (Å²) in [6.45, 7) is 10.3. The van der Waals surface area contributed by atoms with Gasteiger partial charge in [-0.1, -0.05) is 107 Å². The molecule has 2 rings (SSSR count). The molecule has 2 aliphatic carbocycles. The SMILES string of the molecule is C=C(C)CCC1CCCCCCCCCCC1=O.CC(C)=CCC1CCCCCCCCCCC1=O. The maximum atomic E-state index is 12.2. The van der Waals surface area contributed by atoms with Gasteiger partial charge >= 0.3 is 0 Å². The first-order valence-corrected chi connectivity index (χ1v) is 15.7. The van der Waals surface area contributed by atoms with Gasteiger partial charge in [-0.2, -0.15) is 0 Å². The summed E-state index contributed by atoms with van der Waals surface area (Å²) in [5, 5.41) is 0. The predicted molar refractivity (Wildman–Crippen MR) is 157 cm³/mol. The normalized spacial score (nSPS) is 24.0. The predicted octanol–water partition coefficient (Wildman–Crippen LogP) is 10.9. The number of hydrogen-bond acceptors (Lipinski definition) is 2. The maximum absolute atomic E-state index is 12.2. The highest BCUT2D eigenvalue weighted by Crippen LogP contribution is 2.24. The second-order valence-corrected chi connectivity index (χ2v) is 12.1. The lowest BCUT2D eigenvalue weighted by molar-refractivity contribution is -0.124. The summed E-state index contributed by atoms with van der Waals surface area (Å²) in [5.41, 5.74) is 2.56. The van der Waals surface area contributed by atoms with Gasteiger partial charge in [0.15, 0.2) is 0 Å². The first kappa shape index (κ1) is 32.8. The number of allylic oxidation sites excluding steroid dienone is 3. The minimum atomic E-state index is 0.305. The fourth-order valence-electron chi connectivity index (χ4n) is 5.58. The summed E-state index contributed by atoms with van der Waals surface area (Å²) in [5.74, 6) is 1.67. The van der Waals surface area contributed by atoms with Crippen LogP contribution in [0.3, 0.4) is 0 Å². The van der Waals surface area contributed by atoms with E-state index in [-0.39, 0.29) is 0 Å². The second kappa shape index (κ2) is 21.9. The van der Waals surface area contributed by atoms with Crippen LogP contribution in [0.15, 0.2) is 23.8 Å². The van der Waals surface area contributed by atoms with Crippen molar-refractivity contribution in [3.8, 4) is 0 Å². The highest BCUT2D eigenvalue weighted by Gasteiger charge is 2.18. The molecule has 2 aliphatic rings. The molecule has 0 aromatic carbocycles. The fourth-order valence-corrected chi connectivity index (χ4v) is 5.58. The van der Waals surface area contributed by atoms with Crippen LogP contribution in [0.2, 0.25) is 0 Å². The van der Waals surface area contributed by atoms with Gasteiger partial charge in [0.05, 0.1) is 0 Å². The standard InChI is InChI=1S/2C17H30O/c2*1-15(2)13-14-16-11-9-7-5-3-4-6-8-10-12-17(16)18/h13,16H,3-12,14H2,1-2H3;16H,1,3-14H2,2H3. The van der Waals surface area contributed by atoms with Crippen LogP contribution in [0.25, 0.3) is 0 Å². The molecule has 0 radical (unpaired) electrons. The van der Waals surface area contributed by atoms with Gasteiger partial charge in [0.2, 0.25) is 0 Å². The van der Waals surface area contributed by atoms with E-state index < -0.39 is 0 Å². The number of carbonyl (C=O) groups excluding carboxylic acids is 2. The Labute approximate surface area is 225 Å². The van der Waals surface area contributed by atoms with E-state index in [4.69, 9.17) is 0 Å². The van der Waals surface area contributed by atoms with Gasteiger partial charge in [-0.25, -0.2) is 0 Å². The minimum absolute atomic E-state index is 0.305. The Balaban J connectivity index is 0.000000360. The molecule has 2 saturated carbocycles. The molecule has 2 unspecified atom stereocenters. The third-order valence-electron chi connectivity index (χ3n) is 8.09. The number of ketones is 2. The summed E-state index contributed by atoms with van der Waals surface area (Å²) in [7, 11) is 0. The van der Waals surface area contributed by atoms with Crippen LogP contribution < -0.4 is 0 Å². The molecule has 36 heavy (non-hydrogen) atoms. The zero-order valence-corrected chi connectivity index (χ0v) is 24.5. The van der Waals surface area contributed by atoms with E-state index in [2.05, 4.69) is 33.4 Å². The molecule has 0 saturated heterocycles. The van der Waals surface area contributed by atoms with Crippen molar-refractivity contribution in [1.29, 1.82) is 0 Å². The molecule has 2 heteroatoms. The number of hydrogen-bond donors (Lipinski definition) is 0. The van der Waals surface area contributed by atoms with Gasteiger partial charge in [0.1, 0.15) is 11.6 Å². The quantitative estimate of drug-likeness (QED) is 0.352. The van der Waals surface area contributed by atoms with E-state index >= 15 is 0 Å². The van der Waals surface area contributed by atoms with Gasteiger partial charge in [0, 0.05) is 24.7 Å². The number of carbonyl (C=O) groups is 2. The topological polar surface area (TPSA) is 34.1 Å². The molecule has 0 aromatic heterocycles. The molecule has 0 aliphatic heterocycles. The van der Waals surface area contributed by atoms with Gasteiger partial charge in [-0.15, -0.1) is 6.58 Å².